The SMILES string of the molecule is N[C@H](C(=O)O)c1c[nH]c2ccccc2c1=O. The second-order valence-corrected chi connectivity index (χ2v) is 3.43. The fourth-order valence-corrected chi connectivity index (χ4v) is 1.55. The van der Waals surface area contributed by atoms with Crippen LogP contribution in [0.5, 0.6) is 0 Å². The summed E-state index contributed by atoms with van der Waals surface area (Å²) >= 11 is 0. The van der Waals surface area contributed by atoms with Crippen molar-refractivity contribution in [1.82, 2.24) is 4.98 Å². The first kappa shape index (κ1) is 10.4. The Balaban J connectivity index is 2.70. The number of aromatic nitrogens is 1. The summed E-state index contributed by atoms with van der Waals surface area (Å²) in [5.74, 6) is -1.22. The Morgan fingerprint density at radius 1 is 1.38 bits per heavy atom. The highest BCUT2D eigenvalue weighted by Crippen LogP contribution is 2.10. The van der Waals surface area contributed by atoms with Crippen LogP contribution >= 0.6 is 0 Å². The van der Waals surface area contributed by atoms with Gasteiger partial charge in [0.2, 0.25) is 0 Å². The van der Waals surface area contributed by atoms with E-state index < -0.39 is 12.0 Å². The predicted octanol–water partition coefficient (Wildman–Crippen LogP) is 0.612. The molecule has 2 aromatic rings. The lowest BCUT2D eigenvalue weighted by atomic mass is 10.1. The Hall–Kier alpha value is -2.14. The van der Waals surface area contributed by atoms with E-state index in [1.54, 1.807) is 24.3 Å². The van der Waals surface area contributed by atoms with Crippen LogP contribution < -0.4 is 11.2 Å². The van der Waals surface area contributed by atoms with Gasteiger partial charge in [0.25, 0.3) is 0 Å². The molecule has 82 valence electrons. The summed E-state index contributed by atoms with van der Waals surface area (Å²) in [6.45, 7) is 0. The molecule has 5 heteroatoms. The summed E-state index contributed by atoms with van der Waals surface area (Å²) < 4.78 is 0. The summed E-state index contributed by atoms with van der Waals surface area (Å²) in [5.41, 5.74) is 5.79. The molecular formula is C11H10N2O3. The third-order valence-corrected chi connectivity index (χ3v) is 2.42. The predicted molar refractivity (Wildman–Crippen MR) is 59.1 cm³/mol. The number of carbonyl (C=O) groups is 1. The molecule has 1 atom stereocenters. The number of rotatable bonds is 2. The zero-order valence-electron chi connectivity index (χ0n) is 8.31. The lowest BCUT2D eigenvalue weighted by Gasteiger charge is -2.06. The van der Waals surface area contributed by atoms with Gasteiger partial charge in [0.1, 0.15) is 6.04 Å². The second kappa shape index (κ2) is 3.79. The number of H-pyrrole nitrogens is 1. The summed E-state index contributed by atoms with van der Waals surface area (Å²) in [6, 6.07) is 5.58. The van der Waals surface area contributed by atoms with Crippen LogP contribution in [0.3, 0.4) is 0 Å². The molecule has 0 spiro atoms. The monoisotopic (exact) mass is 218 g/mol. The lowest BCUT2D eigenvalue weighted by molar-refractivity contribution is -0.138. The molecule has 16 heavy (non-hydrogen) atoms. The van der Waals surface area contributed by atoms with E-state index in [-0.39, 0.29) is 11.0 Å². The maximum absolute atomic E-state index is 11.9. The van der Waals surface area contributed by atoms with E-state index >= 15 is 0 Å². The Kier molecular flexibility index (Phi) is 2.46. The fraction of sp³-hybridized carbons (Fsp3) is 0.0909. The molecule has 5 nitrogen and oxygen atoms in total. The highest BCUT2D eigenvalue weighted by Gasteiger charge is 2.18. The van der Waals surface area contributed by atoms with Crippen molar-refractivity contribution in [3.05, 3.63) is 46.2 Å². The number of carboxylic acid groups (broad SMARTS) is 1. The molecule has 0 amide bonds. The minimum absolute atomic E-state index is 0.0613. The van der Waals surface area contributed by atoms with Gasteiger partial charge in [-0.15, -0.1) is 0 Å². The number of benzene rings is 1. The van der Waals surface area contributed by atoms with Gasteiger partial charge in [-0.2, -0.15) is 0 Å². The van der Waals surface area contributed by atoms with Crippen molar-refractivity contribution in [3.8, 4) is 0 Å². The number of nitrogens with two attached hydrogens (primary N) is 1. The molecule has 0 bridgehead atoms. The molecular weight excluding hydrogens is 208 g/mol. The Bertz CT molecular complexity index is 603. The number of aromatic amines is 1. The van der Waals surface area contributed by atoms with Crippen LogP contribution in [-0.4, -0.2) is 16.1 Å². The van der Waals surface area contributed by atoms with E-state index in [0.29, 0.717) is 10.9 Å². The highest BCUT2D eigenvalue weighted by molar-refractivity contribution is 5.81. The number of fused-ring (bicyclic) bond motifs is 1. The average Bonchev–Trinajstić information content (AvgIpc) is 2.29. The molecule has 0 radical (unpaired) electrons. The molecule has 0 aliphatic rings. The van der Waals surface area contributed by atoms with Crippen molar-refractivity contribution in [2.24, 2.45) is 5.73 Å². The zero-order valence-corrected chi connectivity index (χ0v) is 8.31. The second-order valence-electron chi connectivity index (χ2n) is 3.43. The number of aliphatic carboxylic acids is 1. The van der Waals surface area contributed by atoms with Crippen molar-refractivity contribution in [3.63, 3.8) is 0 Å². The minimum atomic E-state index is -1.30. The van der Waals surface area contributed by atoms with Gasteiger partial charge >= 0.3 is 5.97 Å². The molecule has 0 saturated carbocycles. The van der Waals surface area contributed by atoms with Gasteiger partial charge in [0.05, 0.1) is 0 Å². The first-order valence-corrected chi connectivity index (χ1v) is 4.70. The molecule has 1 aromatic carbocycles. The number of para-hydroxylation sites is 1. The molecule has 0 saturated heterocycles. The van der Waals surface area contributed by atoms with Crippen LogP contribution in [0.1, 0.15) is 11.6 Å². The van der Waals surface area contributed by atoms with Gasteiger partial charge in [0.15, 0.2) is 5.43 Å². The number of hydrogen-bond acceptors (Lipinski definition) is 3. The maximum Gasteiger partial charge on any atom is 0.325 e. The molecule has 0 fully saturated rings. The topological polar surface area (TPSA) is 96.2 Å². The average molecular weight is 218 g/mol. The third-order valence-electron chi connectivity index (χ3n) is 2.42. The third kappa shape index (κ3) is 1.57. The fourth-order valence-electron chi connectivity index (χ4n) is 1.55. The largest absolute Gasteiger partial charge is 0.480 e. The van der Waals surface area contributed by atoms with Crippen LogP contribution in [0.25, 0.3) is 10.9 Å². The van der Waals surface area contributed by atoms with E-state index in [1.165, 1.54) is 6.20 Å². The number of hydrogen-bond donors (Lipinski definition) is 3. The van der Waals surface area contributed by atoms with E-state index in [9.17, 15) is 9.59 Å². The van der Waals surface area contributed by atoms with Gasteiger partial charge in [-0.05, 0) is 12.1 Å². The summed E-state index contributed by atoms with van der Waals surface area (Å²) in [4.78, 5) is 25.5. The molecule has 2 rings (SSSR count). The van der Waals surface area contributed by atoms with Crippen molar-refractivity contribution in [2.75, 3.05) is 0 Å². The minimum Gasteiger partial charge on any atom is -0.480 e. The molecule has 1 heterocycles. The van der Waals surface area contributed by atoms with Gasteiger partial charge < -0.3 is 15.8 Å². The summed E-state index contributed by atoms with van der Waals surface area (Å²) in [7, 11) is 0. The number of carboxylic acids is 1. The van der Waals surface area contributed by atoms with Crippen molar-refractivity contribution in [2.45, 2.75) is 6.04 Å². The van der Waals surface area contributed by atoms with E-state index in [0.717, 1.165) is 0 Å². The summed E-state index contributed by atoms with van der Waals surface area (Å²) in [6.07, 6.45) is 1.35. The highest BCUT2D eigenvalue weighted by atomic mass is 16.4. The zero-order chi connectivity index (χ0) is 11.7. The standard InChI is InChI=1S/C11H10N2O3/c12-9(11(15)16)7-5-13-8-4-2-1-3-6(8)10(7)14/h1-5,9H,12H2,(H,13,14)(H,15,16)/t9-/m0/s1. The maximum atomic E-state index is 11.9. The summed E-state index contributed by atoms with van der Waals surface area (Å²) in [5, 5.41) is 9.20. The molecule has 0 aliphatic carbocycles. The van der Waals surface area contributed by atoms with Gasteiger partial charge in [-0.1, -0.05) is 12.1 Å². The van der Waals surface area contributed by atoms with Crippen LogP contribution in [0.4, 0.5) is 0 Å². The first-order chi connectivity index (χ1) is 7.61. The van der Waals surface area contributed by atoms with E-state index in [4.69, 9.17) is 10.8 Å². The van der Waals surface area contributed by atoms with Gasteiger partial charge in [-0.3, -0.25) is 9.59 Å². The number of nitrogens with one attached hydrogen (secondary N) is 1. The Labute approximate surface area is 90.5 Å². The quantitative estimate of drug-likeness (QED) is 0.688. The van der Waals surface area contributed by atoms with Crippen LogP contribution in [0.2, 0.25) is 0 Å². The Morgan fingerprint density at radius 3 is 2.75 bits per heavy atom. The van der Waals surface area contributed by atoms with Crippen molar-refractivity contribution in [1.29, 1.82) is 0 Å². The van der Waals surface area contributed by atoms with Gasteiger partial charge in [-0.25, -0.2) is 0 Å². The van der Waals surface area contributed by atoms with E-state index in [1.807, 2.05) is 0 Å². The normalized spacial score (nSPS) is 12.6. The molecule has 0 unspecified atom stereocenters. The molecule has 4 N–H and O–H groups in total. The smallest absolute Gasteiger partial charge is 0.325 e. The van der Waals surface area contributed by atoms with Crippen LogP contribution in [0.15, 0.2) is 35.3 Å². The van der Waals surface area contributed by atoms with Gasteiger partial charge in [0, 0.05) is 22.7 Å². The molecule has 0 aliphatic heterocycles. The van der Waals surface area contributed by atoms with Crippen molar-refractivity contribution >= 4 is 16.9 Å². The van der Waals surface area contributed by atoms with Crippen molar-refractivity contribution < 1.29 is 9.90 Å². The van der Waals surface area contributed by atoms with Crippen LogP contribution in [0, 0.1) is 0 Å². The Morgan fingerprint density at radius 2 is 2.06 bits per heavy atom. The number of pyridine rings is 1. The van der Waals surface area contributed by atoms with Crippen LogP contribution in [-0.2, 0) is 4.79 Å². The first-order valence-electron chi connectivity index (χ1n) is 4.70. The van der Waals surface area contributed by atoms with E-state index in [2.05, 4.69) is 4.98 Å². The lowest BCUT2D eigenvalue weighted by Crippen LogP contribution is -2.27. The molecule has 1 aromatic heterocycles.